The van der Waals surface area contributed by atoms with Crippen molar-refractivity contribution in [2.75, 3.05) is 5.73 Å². The molecule has 2 aromatic rings. The molecule has 0 unspecified atom stereocenters. The predicted octanol–water partition coefficient (Wildman–Crippen LogP) is 3.16. The molecular formula is C13H12BrClN2O2S. The molecule has 0 aliphatic heterocycles. The van der Waals surface area contributed by atoms with Crippen LogP contribution in [-0.2, 0) is 16.6 Å². The zero-order valence-corrected chi connectivity index (χ0v) is 13.5. The molecule has 0 spiro atoms. The second-order valence-electron chi connectivity index (χ2n) is 4.14. The lowest BCUT2D eigenvalue weighted by molar-refractivity contribution is 0.581. The molecule has 0 fully saturated rings. The SMILES string of the molecule is Nc1ccc(Cl)c(S(=O)(=O)NCc2cccc(Br)c2)c1. The van der Waals surface area contributed by atoms with Crippen LogP contribution in [0.2, 0.25) is 5.02 Å². The topological polar surface area (TPSA) is 72.2 Å². The van der Waals surface area contributed by atoms with Crippen molar-refractivity contribution < 1.29 is 8.42 Å². The molecule has 3 N–H and O–H groups in total. The lowest BCUT2D eigenvalue weighted by Crippen LogP contribution is -2.23. The number of nitrogens with two attached hydrogens (primary N) is 1. The molecule has 2 aromatic carbocycles. The monoisotopic (exact) mass is 374 g/mol. The zero-order chi connectivity index (χ0) is 14.8. The Bertz CT molecular complexity index is 735. The summed E-state index contributed by atoms with van der Waals surface area (Å²) in [5, 5.41) is 0.140. The molecule has 20 heavy (non-hydrogen) atoms. The fourth-order valence-electron chi connectivity index (χ4n) is 1.63. The Kier molecular flexibility index (Phi) is 4.70. The Morgan fingerprint density at radius 2 is 1.95 bits per heavy atom. The van der Waals surface area contributed by atoms with Gasteiger partial charge in [-0.3, -0.25) is 0 Å². The molecule has 7 heteroatoms. The van der Waals surface area contributed by atoms with Gasteiger partial charge in [0.2, 0.25) is 10.0 Å². The molecule has 2 rings (SSSR count). The highest BCUT2D eigenvalue weighted by Crippen LogP contribution is 2.23. The largest absolute Gasteiger partial charge is 0.399 e. The number of benzene rings is 2. The van der Waals surface area contributed by atoms with E-state index in [9.17, 15) is 8.42 Å². The number of rotatable bonds is 4. The van der Waals surface area contributed by atoms with Crippen molar-refractivity contribution in [1.82, 2.24) is 4.72 Å². The predicted molar refractivity (Wildman–Crippen MR) is 84.0 cm³/mol. The summed E-state index contributed by atoms with van der Waals surface area (Å²) in [6.07, 6.45) is 0. The molecule has 4 nitrogen and oxygen atoms in total. The molecule has 0 bridgehead atoms. The van der Waals surface area contributed by atoms with E-state index in [1.807, 2.05) is 24.3 Å². The van der Waals surface area contributed by atoms with E-state index in [-0.39, 0.29) is 16.5 Å². The fraction of sp³-hybridized carbons (Fsp3) is 0.0769. The van der Waals surface area contributed by atoms with Crippen molar-refractivity contribution >= 4 is 43.2 Å². The van der Waals surface area contributed by atoms with E-state index in [0.717, 1.165) is 10.0 Å². The summed E-state index contributed by atoms with van der Waals surface area (Å²) in [5.74, 6) is 0. The van der Waals surface area contributed by atoms with Crippen molar-refractivity contribution in [2.45, 2.75) is 11.4 Å². The second kappa shape index (κ2) is 6.13. The van der Waals surface area contributed by atoms with Crippen molar-refractivity contribution in [3.63, 3.8) is 0 Å². The number of nitrogens with one attached hydrogen (secondary N) is 1. The molecule has 0 atom stereocenters. The van der Waals surface area contributed by atoms with Gasteiger partial charge < -0.3 is 5.73 Å². The Balaban J connectivity index is 2.21. The summed E-state index contributed by atoms with van der Waals surface area (Å²) in [6, 6.07) is 11.7. The standard InChI is InChI=1S/C13H12BrClN2O2S/c14-10-3-1-2-9(6-10)8-17-20(18,19)13-7-11(16)4-5-12(13)15/h1-7,17H,8,16H2. The summed E-state index contributed by atoms with van der Waals surface area (Å²) in [6.45, 7) is 0.174. The van der Waals surface area contributed by atoms with E-state index in [2.05, 4.69) is 20.7 Å². The van der Waals surface area contributed by atoms with E-state index in [4.69, 9.17) is 17.3 Å². The first kappa shape index (κ1) is 15.3. The number of hydrogen-bond acceptors (Lipinski definition) is 3. The van der Waals surface area contributed by atoms with Crippen molar-refractivity contribution in [1.29, 1.82) is 0 Å². The van der Waals surface area contributed by atoms with Crippen molar-refractivity contribution in [3.8, 4) is 0 Å². The minimum atomic E-state index is -3.70. The molecule has 0 aliphatic rings. The Hall–Kier alpha value is -1.08. The first-order chi connectivity index (χ1) is 9.38. The molecular weight excluding hydrogens is 364 g/mol. The first-order valence-electron chi connectivity index (χ1n) is 5.67. The Morgan fingerprint density at radius 1 is 1.20 bits per heavy atom. The van der Waals surface area contributed by atoms with Gasteiger partial charge in [-0.2, -0.15) is 0 Å². The van der Waals surface area contributed by atoms with E-state index in [1.165, 1.54) is 12.1 Å². The number of nitrogen functional groups attached to an aromatic ring is 1. The smallest absolute Gasteiger partial charge is 0.242 e. The van der Waals surface area contributed by atoms with E-state index in [0.29, 0.717) is 5.69 Å². The minimum absolute atomic E-state index is 0.0193. The fourth-order valence-corrected chi connectivity index (χ4v) is 3.63. The summed E-state index contributed by atoms with van der Waals surface area (Å²) in [7, 11) is -3.70. The average molecular weight is 376 g/mol. The summed E-state index contributed by atoms with van der Waals surface area (Å²) in [4.78, 5) is -0.0193. The minimum Gasteiger partial charge on any atom is -0.399 e. The highest BCUT2D eigenvalue weighted by Gasteiger charge is 2.17. The van der Waals surface area contributed by atoms with Crippen LogP contribution in [0.25, 0.3) is 0 Å². The summed E-state index contributed by atoms with van der Waals surface area (Å²) < 4.78 is 27.8. The maximum Gasteiger partial charge on any atom is 0.242 e. The van der Waals surface area contributed by atoms with Gasteiger partial charge in [0.1, 0.15) is 4.90 Å². The van der Waals surface area contributed by atoms with E-state index >= 15 is 0 Å². The van der Waals surface area contributed by atoms with Gasteiger partial charge in [-0.05, 0) is 35.9 Å². The second-order valence-corrected chi connectivity index (χ2v) is 7.20. The van der Waals surface area contributed by atoms with Crippen LogP contribution in [0.3, 0.4) is 0 Å². The quantitative estimate of drug-likeness (QED) is 0.806. The number of sulfonamides is 1. The highest BCUT2D eigenvalue weighted by atomic mass is 79.9. The maximum atomic E-state index is 12.2. The van der Waals surface area contributed by atoms with Gasteiger partial charge in [-0.25, -0.2) is 13.1 Å². The normalized spacial score (nSPS) is 11.5. The lowest BCUT2D eigenvalue weighted by Gasteiger charge is -2.09. The van der Waals surface area contributed by atoms with Crippen LogP contribution in [0.5, 0.6) is 0 Å². The van der Waals surface area contributed by atoms with Crippen molar-refractivity contribution in [3.05, 3.63) is 57.5 Å². The van der Waals surface area contributed by atoms with Gasteiger partial charge in [-0.15, -0.1) is 0 Å². The van der Waals surface area contributed by atoms with Gasteiger partial charge in [-0.1, -0.05) is 39.7 Å². The molecule has 106 valence electrons. The van der Waals surface area contributed by atoms with Crippen LogP contribution < -0.4 is 10.5 Å². The maximum absolute atomic E-state index is 12.2. The molecule has 0 amide bonds. The molecule has 0 radical (unpaired) electrons. The van der Waals surface area contributed by atoms with Crippen LogP contribution in [0, 0.1) is 0 Å². The molecule has 0 saturated carbocycles. The molecule has 0 saturated heterocycles. The van der Waals surface area contributed by atoms with E-state index < -0.39 is 10.0 Å². The number of anilines is 1. The zero-order valence-electron chi connectivity index (χ0n) is 10.3. The van der Waals surface area contributed by atoms with Gasteiger partial charge in [0, 0.05) is 16.7 Å². The number of halogens is 2. The van der Waals surface area contributed by atoms with Crippen LogP contribution in [0.4, 0.5) is 5.69 Å². The molecule has 0 heterocycles. The van der Waals surface area contributed by atoms with E-state index in [1.54, 1.807) is 6.07 Å². The van der Waals surface area contributed by atoms with Gasteiger partial charge in [0.05, 0.1) is 5.02 Å². The first-order valence-corrected chi connectivity index (χ1v) is 8.33. The third-order valence-electron chi connectivity index (χ3n) is 2.60. The highest BCUT2D eigenvalue weighted by molar-refractivity contribution is 9.10. The van der Waals surface area contributed by atoms with Gasteiger partial charge in [0.25, 0.3) is 0 Å². The van der Waals surface area contributed by atoms with Crippen molar-refractivity contribution in [2.24, 2.45) is 0 Å². The van der Waals surface area contributed by atoms with Gasteiger partial charge >= 0.3 is 0 Å². The van der Waals surface area contributed by atoms with Crippen LogP contribution in [0.1, 0.15) is 5.56 Å². The average Bonchev–Trinajstić information content (AvgIpc) is 2.39. The third-order valence-corrected chi connectivity index (χ3v) is 4.98. The lowest BCUT2D eigenvalue weighted by atomic mass is 10.2. The Morgan fingerprint density at radius 3 is 2.65 bits per heavy atom. The Labute approximate surface area is 131 Å². The summed E-state index contributed by atoms with van der Waals surface area (Å²) in [5.41, 5.74) is 6.77. The molecule has 0 aliphatic carbocycles. The van der Waals surface area contributed by atoms with Crippen LogP contribution in [-0.4, -0.2) is 8.42 Å². The third kappa shape index (κ3) is 3.73. The van der Waals surface area contributed by atoms with Crippen LogP contribution in [0.15, 0.2) is 51.8 Å². The van der Waals surface area contributed by atoms with Crippen LogP contribution >= 0.6 is 27.5 Å². The van der Waals surface area contributed by atoms with Gasteiger partial charge in [0.15, 0.2) is 0 Å². The summed E-state index contributed by atoms with van der Waals surface area (Å²) >= 11 is 9.24. The molecule has 0 aromatic heterocycles. The number of hydrogen-bond donors (Lipinski definition) is 2.